The van der Waals surface area contributed by atoms with Crippen molar-refractivity contribution in [2.45, 2.75) is 32.4 Å². The van der Waals surface area contributed by atoms with Gasteiger partial charge in [-0.2, -0.15) is 0 Å². The Hall–Kier alpha value is -1.27. The van der Waals surface area contributed by atoms with Gasteiger partial charge < -0.3 is 10.1 Å². The molecule has 0 aliphatic heterocycles. The lowest BCUT2D eigenvalue weighted by molar-refractivity contribution is 0.136. The van der Waals surface area contributed by atoms with E-state index in [0.29, 0.717) is 6.42 Å². The minimum absolute atomic E-state index is 0.138. The Morgan fingerprint density at radius 1 is 1.35 bits per heavy atom. The number of nitrogens with one attached hydrogen (secondary N) is 1. The van der Waals surface area contributed by atoms with Crippen LogP contribution in [0.25, 0.3) is 0 Å². The van der Waals surface area contributed by atoms with E-state index in [1.807, 2.05) is 37.3 Å². The van der Waals surface area contributed by atoms with Crippen LogP contribution in [0.1, 0.15) is 25.3 Å². The van der Waals surface area contributed by atoms with Gasteiger partial charge in [-0.15, -0.1) is 0 Å². The molecule has 0 bridgehead atoms. The molecule has 1 aromatic carbocycles. The molecule has 0 aliphatic rings. The van der Waals surface area contributed by atoms with Crippen molar-refractivity contribution in [2.75, 3.05) is 5.75 Å². The SMILES string of the molecule is CCCC(CS(=O)(=O)Cl)NC(=O)OCc1ccccc1. The van der Waals surface area contributed by atoms with E-state index in [2.05, 4.69) is 5.32 Å². The molecule has 7 heteroatoms. The molecule has 0 aliphatic carbocycles. The third-order valence-electron chi connectivity index (χ3n) is 2.57. The highest BCUT2D eigenvalue weighted by Crippen LogP contribution is 2.06. The summed E-state index contributed by atoms with van der Waals surface area (Å²) in [6, 6.07) is 8.69. The van der Waals surface area contributed by atoms with E-state index >= 15 is 0 Å². The summed E-state index contributed by atoms with van der Waals surface area (Å²) in [5.41, 5.74) is 0.861. The van der Waals surface area contributed by atoms with E-state index in [1.54, 1.807) is 0 Å². The number of rotatable bonds is 7. The quantitative estimate of drug-likeness (QED) is 0.784. The molecule has 0 spiro atoms. The van der Waals surface area contributed by atoms with Crippen LogP contribution >= 0.6 is 10.7 Å². The molecule has 0 radical (unpaired) electrons. The fraction of sp³-hybridized carbons (Fsp3) is 0.462. The van der Waals surface area contributed by atoms with Crippen molar-refractivity contribution in [1.29, 1.82) is 0 Å². The van der Waals surface area contributed by atoms with Crippen LogP contribution in [0.3, 0.4) is 0 Å². The highest BCUT2D eigenvalue weighted by atomic mass is 35.7. The summed E-state index contributed by atoms with van der Waals surface area (Å²) in [6.07, 6.45) is 0.607. The second-order valence-electron chi connectivity index (χ2n) is 4.40. The van der Waals surface area contributed by atoms with Crippen LogP contribution in [-0.2, 0) is 20.4 Å². The third-order valence-corrected chi connectivity index (χ3v) is 3.75. The van der Waals surface area contributed by atoms with Gasteiger partial charge in [-0.1, -0.05) is 43.7 Å². The number of benzene rings is 1. The van der Waals surface area contributed by atoms with Gasteiger partial charge in [0.05, 0.1) is 5.75 Å². The van der Waals surface area contributed by atoms with Crippen LogP contribution in [0.2, 0.25) is 0 Å². The topological polar surface area (TPSA) is 72.5 Å². The average Bonchev–Trinajstić information content (AvgIpc) is 2.36. The number of hydrogen-bond acceptors (Lipinski definition) is 4. The first-order valence-electron chi connectivity index (χ1n) is 6.30. The molecule has 1 N–H and O–H groups in total. The second kappa shape index (κ2) is 8.11. The number of hydrogen-bond donors (Lipinski definition) is 1. The molecule has 1 atom stereocenters. The van der Waals surface area contributed by atoms with Gasteiger partial charge in [0, 0.05) is 16.7 Å². The summed E-state index contributed by atoms with van der Waals surface area (Å²) in [5, 5.41) is 2.52. The van der Waals surface area contributed by atoms with Crippen molar-refractivity contribution in [3.05, 3.63) is 35.9 Å². The molecule has 20 heavy (non-hydrogen) atoms. The smallest absolute Gasteiger partial charge is 0.407 e. The van der Waals surface area contributed by atoms with Crippen molar-refractivity contribution in [3.8, 4) is 0 Å². The van der Waals surface area contributed by atoms with Crippen molar-refractivity contribution >= 4 is 25.8 Å². The highest BCUT2D eigenvalue weighted by molar-refractivity contribution is 8.13. The lowest BCUT2D eigenvalue weighted by Crippen LogP contribution is -2.39. The molecule has 5 nitrogen and oxygen atoms in total. The summed E-state index contributed by atoms with van der Waals surface area (Å²) < 4.78 is 27.1. The largest absolute Gasteiger partial charge is 0.445 e. The van der Waals surface area contributed by atoms with Crippen molar-refractivity contribution in [2.24, 2.45) is 0 Å². The molecule has 0 saturated heterocycles. The van der Waals surface area contributed by atoms with Gasteiger partial charge in [0.15, 0.2) is 0 Å². The number of alkyl carbamates (subject to hydrolysis) is 1. The number of carbonyl (C=O) groups excluding carboxylic acids is 1. The number of halogens is 1. The van der Waals surface area contributed by atoms with Crippen LogP contribution in [0.15, 0.2) is 30.3 Å². The molecule has 0 heterocycles. The minimum Gasteiger partial charge on any atom is -0.445 e. The normalized spacial score (nSPS) is 12.7. The fourth-order valence-electron chi connectivity index (χ4n) is 1.72. The van der Waals surface area contributed by atoms with Crippen LogP contribution in [0.5, 0.6) is 0 Å². The van der Waals surface area contributed by atoms with E-state index in [0.717, 1.165) is 12.0 Å². The molecular weight excluding hydrogens is 302 g/mol. The molecule has 1 unspecified atom stereocenters. The van der Waals surface area contributed by atoms with E-state index in [4.69, 9.17) is 15.4 Å². The zero-order chi connectivity index (χ0) is 15.0. The van der Waals surface area contributed by atoms with Gasteiger partial charge in [-0.25, -0.2) is 13.2 Å². The Labute approximate surface area is 123 Å². The van der Waals surface area contributed by atoms with Crippen molar-refractivity contribution < 1.29 is 17.9 Å². The molecule has 112 valence electrons. The number of ether oxygens (including phenoxy) is 1. The first kappa shape index (κ1) is 16.8. The second-order valence-corrected chi connectivity index (χ2v) is 7.22. The van der Waals surface area contributed by atoms with E-state index in [-0.39, 0.29) is 12.4 Å². The number of carbonyl (C=O) groups is 1. The molecule has 0 saturated carbocycles. The van der Waals surface area contributed by atoms with Gasteiger partial charge in [0.2, 0.25) is 9.05 Å². The summed E-state index contributed by atoms with van der Waals surface area (Å²) in [6.45, 7) is 2.03. The Morgan fingerprint density at radius 3 is 2.55 bits per heavy atom. The third kappa shape index (κ3) is 7.35. The van der Waals surface area contributed by atoms with Gasteiger partial charge in [-0.3, -0.25) is 0 Å². The first-order valence-corrected chi connectivity index (χ1v) is 8.78. The molecule has 1 rings (SSSR count). The molecule has 1 amide bonds. The van der Waals surface area contributed by atoms with E-state index in [1.165, 1.54) is 0 Å². The molecule has 1 aromatic rings. The standard InChI is InChI=1S/C13H18ClNO4S/c1-2-6-12(10-20(14,17)18)15-13(16)19-9-11-7-4-3-5-8-11/h3-5,7-8,12H,2,6,9-10H2,1H3,(H,15,16). The zero-order valence-corrected chi connectivity index (χ0v) is 12.8. The zero-order valence-electron chi connectivity index (χ0n) is 11.2. The fourth-order valence-corrected chi connectivity index (χ4v) is 2.90. The monoisotopic (exact) mass is 319 g/mol. The average molecular weight is 320 g/mol. The van der Waals surface area contributed by atoms with E-state index in [9.17, 15) is 13.2 Å². The lowest BCUT2D eigenvalue weighted by Gasteiger charge is -2.16. The summed E-state index contributed by atoms with van der Waals surface area (Å²) >= 11 is 0. The van der Waals surface area contributed by atoms with Crippen LogP contribution in [-0.4, -0.2) is 26.3 Å². The highest BCUT2D eigenvalue weighted by Gasteiger charge is 2.19. The molecule has 0 aromatic heterocycles. The number of amides is 1. The van der Waals surface area contributed by atoms with Crippen molar-refractivity contribution in [1.82, 2.24) is 5.32 Å². The Morgan fingerprint density at radius 2 is 2.00 bits per heavy atom. The molecule has 0 fully saturated rings. The van der Waals surface area contributed by atoms with Crippen LogP contribution < -0.4 is 5.32 Å². The Bertz CT molecular complexity index is 518. The van der Waals surface area contributed by atoms with Gasteiger partial charge in [0.1, 0.15) is 6.61 Å². The Balaban J connectivity index is 2.45. The Kier molecular flexibility index (Phi) is 6.81. The van der Waals surface area contributed by atoms with Gasteiger partial charge >= 0.3 is 6.09 Å². The maximum Gasteiger partial charge on any atom is 0.407 e. The maximum atomic E-state index is 11.6. The summed E-state index contributed by atoms with van der Waals surface area (Å²) in [7, 11) is 1.54. The van der Waals surface area contributed by atoms with Crippen LogP contribution in [0, 0.1) is 0 Å². The minimum atomic E-state index is -3.66. The predicted octanol–water partition coefficient (Wildman–Crippen LogP) is 2.65. The summed E-state index contributed by atoms with van der Waals surface area (Å²) in [5.74, 6) is -0.303. The molecular formula is C13H18ClNO4S. The van der Waals surface area contributed by atoms with Gasteiger partial charge in [0.25, 0.3) is 0 Å². The van der Waals surface area contributed by atoms with Gasteiger partial charge in [-0.05, 0) is 12.0 Å². The summed E-state index contributed by atoms with van der Waals surface area (Å²) in [4.78, 5) is 11.6. The predicted molar refractivity (Wildman–Crippen MR) is 78.1 cm³/mol. The van der Waals surface area contributed by atoms with Crippen molar-refractivity contribution in [3.63, 3.8) is 0 Å². The maximum absolute atomic E-state index is 11.6. The van der Waals surface area contributed by atoms with Crippen LogP contribution in [0.4, 0.5) is 4.79 Å². The first-order chi connectivity index (χ1) is 9.40. The lowest BCUT2D eigenvalue weighted by atomic mass is 10.2. The van der Waals surface area contributed by atoms with E-state index < -0.39 is 21.2 Å².